The van der Waals surface area contributed by atoms with Gasteiger partial charge in [0.25, 0.3) is 0 Å². The molecule has 134 valence electrons. The lowest BCUT2D eigenvalue weighted by atomic mass is 9.96. The van der Waals surface area contributed by atoms with Crippen LogP contribution < -0.4 is 0 Å². The van der Waals surface area contributed by atoms with Crippen LogP contribution in [0.2, 0.25) is 0 Å². The third kappa shape index (κ3) is 3.78. The average Bonchev–Trinajstić information content (AvgIpc) is 3.15. The van der Waals surface area contributed by atoms with Gasteiger partial charge >= 0.3 is 5.97 Å². The summed E-state index contributed by atoms with van der Waals surface area (Å²) < 4.78 is 12.0. The topological polar surface area (TPSA) is 56.5 Å². The van der Waals surface area contributed by atoms with Crippen molar-refractivity contribution in [2.45, 2.75) is 12.5 Å². The maximum atomic E-state index is 12.4. The van der Waals surface area contributed by atoms with E-state index in [2.05, 4.69) is 15.9 Å². The highest BCUT2D eigenvalue weighted by molar-refractivity contribution is 9.10. The van der Waals surface area contributed by atoms with Crippen LogP contribution in [-0.2, 0) is 16.0 Å². The predicted molar refractivity (Wildman–Crippen MR) is 105 cm³/mol. The molecule has 1 atom stereocenters. The third-order valence-corrected chi connectivity index (χ3v) is 4.91. The predicted octanol–water partition coefficient (Wildman–Crippen LogP) is 5.07. The Balaban J connectivity index is 1.47. The van der Waals surface area contributed by atoms with E-state index in [0.29, 0.717) is 23.5 Å². The maximum absolute atomic E-state index is 12.4. The first kappa shape index (κ1) is 17.5. The van der Waals surface area contributed by atoms with Crippen molar-refractivity contribution in [1.29, 1.82) is 0 Å². The number of esters is 1. The van der Waals surface area contributed by atoms with Gasteiger partial charge in [-0.3, -0.25) is 4.79 Å². The normalized spacial score (nSPS) is 16.2. The van der Waals surface area contributed by atoms with E-state index in [4.69, 9.17) is 9.15 Å². The van der Waals surface area contributed by atoms with E-state index in [1.165, 1.54) is 6.08 Å². The number of ether oxygens (including phenoxy) is 1. The molecule has 0 saturated carbocycles. The van der Waals surface area contributed by atoms with Crippen LogP contribution >= 0.6 is 15.9 Å². The van der Waals surface area contributed by atoms with Crippen molar-refractivity contribution in [2.24, 2.45) is 0 Å². The van der Waals surface area contributed by atoms with Crippen molar-refractivity contribution in [1.82, 2.24) is 0 Å². The van der Waals surface area contributed by atoms with Crippen LogP contribution in [0.1, 0.15) is 21.7 Å². The van der Waals surface area contributed by atoms with Crippen LogP contribution in [0.15, 0.2) is 75.6 Å². The molecule has 1 unspecified atom stereocenters. The van der Waals surface area contributed by atoms with Crippen molar-refractivity contribution in [3.8, 4) is 11.3 Å². The SMILES string of the molecule is O=C1OC(C(=O)C=Cc2ccc(-c3ccc(Br)cc3)o2)Cc2ccccc21. The van der Waals surface area contributed by atoms with Crippen molar-refractivity contribution in [3.63, 3.8) is 0 Å². The molecule has 4 nitrogen and oxygen atoms in total. The van der Waals surface area contributed by atoms with Gasteiger partial charge in [0.15, 0.2) is 11.9 Å². The van der Waals surface area contributed by atoms with Gasteiger partial charge in [0.1, 0.15) is 11.5 Å². The number of hydrogen-bond donors (Lipinski definition) is 0. The van der Waals surface area contributed by atoms with Gasteiger partial charge in [-0.25, -0.2) is 4.79 Å². The minimum atomic E-state index is -0.801. The highest BCUT2D eigenvalue weighted by Gasteiger charge is 2.29. The first-order valence-electron chi connectivity index (χ1n) is 8.47. The molecule has 3 aromatic rings. The monoisotopic (exact) mass is 422 g/mol. The number of halogens is 1. The summed E-state index contributed by atoms with van der Waals surface area (Å²) in [5.41, 5.74) is 2.30. The Bertz CT molecular complexity index is 1030. The fourth-order valence-electron chi connectivity index (χ4n) is 2.97. The van der Waals surface area contributed by atoms with Crippen LogP contribution in [0.3, 0.4) is 0 Å². The summed E-state index contributed by atoms with van der Waals surface area (Å²) in [6, 6.07) is 18.6. The number of carbonyl (C=O) groups excluding carboxylic acids is 2. The molecule has 0 radical (unpaired) electrons. The first-order chi connectivity index (χ1) is 13.1. The quantitative estimate of drug-likeness (QED) is 0.434. The van der Waals surface area contributed by atoms with Crippen LogP contribution in [0.5, 0.6) is 0 Å². The molecule has 0 bridgehead atoms. The van der Waals surface area contributed by atoms with Crippen molar-refractivity contribution in [2.75, 3.05) is 0 Å². The Hall–Kier alpha value is -2.92. The zero-order valence-corrected chi connectivity index (χ0v) is 15.8. The Morgan fingerprint density at radius 1 is 1.04 bits per heavy atom. The van der Waals surface area contributed by atoms with Gasteiger partial charge in [0, 0.05) is 16.5 Å². The summed E-state index contributed by atoms with van der Waals surface area (Å²) >= 11 is 3.40. The van der Waals surface area contributed by atoms with Gasteiger partial charge < -0.3 is 9.15 Å². The molecule has 1 aliphatic heterocycles. The molecule has 2 aromatic carbocycles. The summed E-state index contributed by atoms with van der Waals surface area (Å²) in [6.07, 6.45) is 2.58. The average molecular weight is 423 g/mol. The molecule has 27 heavy (non-hydrogen) atoms. The van der Waals surface area contributed by atoms with Crippen molar-refractivity contribution >= 4 is 33.8 Å². The van der Waals surface area contributed by atoms with Gasteiger partial charge in [0.2, 0.25) is 0 Å². The maximum Gasteiger partial charge on any atom is 0.339 e. The highest BCUT2D eigenvalue weighted by Crippen LogP contribution is 2.25. The lowest BCUT2D eigenvalue weighted by molar-refractivity contribution is -0.123. The summed E-state index contributed by atoms with van der Waals surface area (Å²) in [6.45, 7) is 0. The fourth-order valence-corrected chi connectivity index (χ4v) is 3.24. The Morgan fingerprint density at radius 3 is 2.63 bits per heavy atom. The van der Waals surface area contributed by atoms with Gasteiger partial charge in [-0.2, -0.15) is 0 Å². The van der Waals surface area contributed by atoms with E-state index in [9.17, 15) is 9.59 Å². The van der Waals surface area contributed by atoms with Crippen molar-refractivity contribution < 1.29 is 18.7 Å². The molecule has 4 rings (SSSR count). The second kappa shape index (κ2) is 7.37. The second-order valence-corrected chi connectivity index (χ2v) is 7.12. The molecule has 0 spiro atoms. The number of cyclic esters (lactones) is 1. The summed E-state index contributed by atoms with van der Waals surface area (Å²) in [5, 5.41) is 0. The standard InChI is InChI=1S/C22H15BrO4/c23-16-7-5-14(6-8-16)20-12-10-17(26-20)9-11-19(24)21-13-15-3-1-2-4-18(15)22(25)27-21/h1-12,21H,13H2. The van der Waals surface area contributed by atoms with E-state index < -0.39 is 12.1 Å². The lowest BCUT2D eigenvalue weighted by Crippen LogP contribution is -2.33. The number of benzene rings is 2. The molecular formula is C22H15BrO4. The zero-order valence-electron chi connectivity index (χ0n) is 14.2. The third-order valence-electron chi connectivity index (χ3n) is 4.38. The van der Waals surface area contributed by atoms with Crippen LogP contribution in [0, 0.1) is 0 Å². The zero-order chi connectivity index (χ0) is 18.8. The minimum absolute atomic E-state index is 0.264. The highest BCUT2D eigenvalue weighted by atomic mass is 79.9. The summed E-state index contributed by atoms with van der Waals surface area (Å²) in [5.74, 6) is 0.551. The Labute approximate surface area is 164 Å². The molecule has 2 heterocycles. The molecule has 0 N–H and O–H groups in total. The molecule has 0 amide bonds. The Kier molecular flexibility index (Phi) is 4.77. The van der Waals surface area contributed by atoms with Crippen LogP contribution in [0.25, 0.3) is 17.4 Å². The van der Waals surface area contributed by atoms with Crippen LogP contribution in [0.4, 0.5) is 0 Å². The van der Waals surface area contributed by atoms with E-state index in [1.54, 1.807) is 24.3 Å². The molecule has 0 aliphatic carbocycles. The van der Waals surface area contributed by atoms with Crippen molar-refractivity contribution in [3.05, 3.63) is 88.1 Å². The van der Waals surface area contributed by atoms with E-state index in [1.807, 2.05) is 42.5 Å². The smallest absolute Gasteiger partial charge is 0.339 e. The van der Waals surface area contributed by atoms with Crippen LogP contribution in [-0.4, -0.2) is 17.9 Å². The number of ketones is 1. The molecule has 0 saturated heterocycles. The van der Waals surface area contributed by atoms with Gasteiger partial charge in [-0.05, 0) is 48.0 Å². The number of furan rings is 1. The molecule has 5 heteroatoms. The number of fused-ring (bicyclic) bond motifs is 1. The van der Waals surface area contributed by atoms with Gasteiger partial charge in [-0.1, -0.05) is 46.3 Å². The van der Waals surface area contributed by atoms with Gasteiger partial charge in [0.05, 0.1) is 5.56 Å². The molecular weight excluding hydrogens is 408 g/mol. The van der Waals surface area contributed by atoms with E-state index in [-0.39, 0.29) is 5.78 Å². The number of carbonyl (C=O) groups is 2. The lowest BCUT2D eigenvalue weighted by Gasteiger charge is -2.22. The van der Waals surface area contributed by atoms with E-state index >= 15 is 0 Å². The number of hydrogen-bond acceptors (Lipinski definition) is 4. The summed E-state index contributed by atoms with van der Waals surface area (Å²) in [4.78, 5) is 24.5. The molecule has 0 fully saturated rings. The second-order valence-electron chi connectivity index (χ2n) is 6.20. The van der Waals surface area contributed by atoms with E-state index in [0.717, 1.165) is 15.6 Å². The Morgan fingerprint density at radius 2 is 1.81 bits per heavy atom. The fraction of sp³-hybridized carbons (Fsp3) is 0.0909. The first-order valence-corrected chi connectivity index (χ1v) is 9.26. The number of rotatable bonds is 4. The molecule has 1 aromatic heterocycles. The molecule has 1 aliphatic rings. The van der Waals surface area contributed by atoms with Gasteiger partial charge in [-0.15, -0.1) is 0 Å². The largest absolute Gasteiger partial charge is 0.457 e. The summed E-state index contributed by atoms with van der Waals surface area (Å²) in [7, 11) is 0. The minimum Gasteiger partial charge on any atom is -0.457 e.